The molecule has 0 saturated heterocycles. The Kier molecular flexibility index (Phi) is 7.28. The normalized spacial score (nSPS) is 14.9. The second-order valence-corrected chi connectivity index (χ2v) is 9.80. The number of hydrogen-bond acceptors (Lipinski definition) is 4. The first-order valence-electron chi connectivity index (χ1n) is 11.4. The van der Waals surface area contributed by atoms with Gasteiger partial charge in [0.1, 0.15) is 5.82 Å². The Hall–Kier alpha value is -2.34. The van der Waals surface area contributed by atoms with E-state index in [1.807, 2.05) is 0 Å². The predicted molar refractivity (Wildman–Crippen MR) is 127 cm³/mol. The first kappa shape index (κ1) is 21.9. The Morgan fingerprint density at radius 2 is 1.87 bits per heavy atom. The molecule has 0 radical (unpaired) electrons. The summed E-state index contributed by atoms with van der Waals surface area (Å²) in [7, 11) is 0. The Balaban J connectivity index is 1.57. The lowest BCUT2D eigenvalue weighted by molar-refractivity contribution is -0.118. The third-order valence-electron chi connectivity index (χ3n) is 5.94. The highest BCUT2D eigenvalue weighted by molar-refractivity contribution is 7.99. The van der Waals surface area contributed by atoms with E-state index in [0.29, 0.717) is 24.3 Å². The van der Waals surface area contributed by atoms with Gasteiger partial charge in [-0.05, 0) is 35.1 Å². The van der Waals surface area contributed by atoms with Gasteiger partial charge in [-0.2, -0.15) is 0 Å². The molecule has 1 fully saturated rings. The number of benzene rings is 2. The van der Waals surface area contributed by atoms with Gasteiger partial charge in [0.05, 0.1) is 5.75 Å². The minimum Gasteiger partial charge on any atom is -0.355 e. The van der Waals surface area contributed by atoms with Crippen LogP contribution in [0.25, 0.3) is 10.8 Å². The van der Waals surface area contributed by atoms with E-state index < -0.39 is 0 Å². The number of fused-ring (bicyclic) bond motifs is 1. The molecule has 4 rings (SSSR count). The summed E-state index contributed by atoms with van der Waals surface area (Å²) in [5.41, 5.74) is 1.27. The maximum atomic E-state index is 12.3. The summed E-state index contributed by atoms with van der Waals surface area (Å²) in [5.74, 6) is 1.90. The molecule has 3 aromatic rings. The molecule has 1 N–H and O–H groups in total. The molecule has 5 nitrogen and oxygen atoms in total. The van der Waals surface area contributed by atoms with Gasteiger partial charge in [-0.3, -0.25) is 4.79 Å². The quantitative estimate of drug-likeness (QED) is 0.481. The fraction of sp³-hybridized carbons (Fsp3) is 0.480. The molecular formula is C25H32N4OS. The smallest absolute Gasteiger partial charge is 0.230 e. The number of carbonyl (C=O) groups excluding carboxylic acids is 1. The van der Waals surface area contributed by atoms with Crippen LogP contribution in [-0.2, 0) is 11.2 Å². The molecule has 0 aliphatic heterocycles. The first-order chi connectivity index (χ1) is 15.1. The SMILES string of the molecule is CC(C)CNC(=O)CSc1nnc(Cc2cccc3ccccc23)n1C1CCCCC1. The molecule has 1 amide bonds. The van der Waals surface area contributed by atoms with E-state index in [1.54, 1.807) is 0 Å². The molecule has 6 heteroatoms. The maximum Gasteiger partial charge on any atom is 0.230 e. The molecule has 0 spiro atoms. The molecular weight excluding hydrogens is 404 g/mol. The molecule has 1 aliphatic carbocycles. The third-order valence-corrected chi connectivity index (χ3v) is 6.89. The largest absolute Gasteiger partial charge is 0.355 e. The van der Waals surface area contributed by atoms with Crippen molar-refractivity contribution in [3.05, 3.63) is 53.9 Å². The van der Waals surface area contributed by atoms with Crippen LogP contribution in [0.2, 0.25) is 0 Å². The van der Waals surface area contributed by atoms with Gasteiger partial charge in [0.2, 0.25) is 5.91 Å². The molecule has 1 aromatic heterocycles. The van der Waals surface area contributed by atoms with Gasteiger partial charge in [0.15, 0.2) is 5.16 Å². The van der Waals surface area contributed by atoms with Crippen molar-refractivity contribution in [2.75, 3.05) is 12.3 Å². The lowest BCUT2D eigenvalue weighted by Gasteiger charge is -2.25. The molecule has 164 valence electrons. The third kappa shape index (κ3) is 5.48. The van der Waals surface area contributed by atoms with Crippen LogP contribution < -0.4 is 5.32 Å². The number of nitrogens with zero attached hydrogens (tertiary/aromatic N) is 3. The zero-order chi connectivity index (χ0) is 21.6. The van der Waals surface area contributed by atoms with Gasteiger partial charge >= 0.3 is 0 Å². The van der Waals surface area contributed by atoms with Crippen LogP contribution in [0.1, 0.15) is 63.4 Å². The summed E-state index contributed by atoms with van der Waals surface area (Å²) in [5, 5.41) is 15.5. The van der Waals surface area contributed by atoms with E-state index in [2.05, 4.69) is 76.4 Å². The van der Waals surface area contributed by atoms with Crippen molar-refractivity contribution in [2.45, 2.75) is 63.6 Å². The summed E-state index contributed by atoms with van der Waals surface area (Å²) in [6.07, 6.45) is 6.87. The van der Waals surface area contributed by atoms with E-state index in [-0.39, 0.29) is 5.91 Å². The highest BCUT2D eigenvalue weighted by atomic mass is 32.2. The molecule has 31 heavy (non-hydrogen) atoms. The Bertz CT molecular complexity index is 1020. The number of hydrogen-bond donors (Lipinski definition) is 1. The van der Waals surface area contributed by atoms with Crippen LogP contribution in [0.15, 0.2) is 47.6 Å². The van der Waals surface area contributed by atoms with Crippen molar-refractivity contribution in [1.29, 1.82) is 0 Å². The molecule has 0 atom stereocenters. The van der Waals surface area contributed by atoms with Crippen LogP contribution in [0.3, 0.4) is 0 Å². The van der Waals surface area contributed by atoms with Crippen LogP contribution in [0.4, 0.5) is 0 Å². The maximum absolute atomic E-state index is 12.3. The van der Waals surface area contributed by atoms with Crippen LogP contribution in [0.5, 0.6) is 0 Å². The van der Waals surface area contributed by atoms with Gasteiger partial charge in [0.25, 0.3) is 0 Å². The minimum absolute atomic E-state index is 0.0625. The summed E-state index contributed by atoms with van der Waals surface area (Å²) < 4.78 is 2.33. The van der Waals surface area contributed by atoms with Crippen molar-refractivity contribution in [3.63, 3.8) is 0 Å². The highest BCUT2D eigenvalue weighted by Gasteiger charge is 2.24. The number of thioether (sulfide) groups is 1. The lowest BCUT2D eigenvalue weighted by atomic mass is 9.95. The molecule has 2 aromatic carbocycles. The summed E-state index contributed by atoms with van der Waals surface area (Å²) >= 11 is 1.51. The van der Waals surface area contributed by atoms with Crippen molar-refractivity contribution >= 4 is 28.4 Å². The van der Waals surface area contributed by atoms with E-state index in [0.717, 1.165) is 30.2 Å². The molecule has 1 aliphatic rings. The zero-order valence-electron chi connectivity index (χ0n) is 18.5. The molecule has 0 bridgehead atoms. The number of rotatable bonds is 8. The summed E-state index contributed by atoms with van der Waals surface area (Å²) in [4.78, 5) is 12.3. The number of nitrogens with one attached hydrogen (secondary N) is 1. The lowest BCUT2D eigenvalue weighted by Crippen LogP contribution is -2.29. The van der Waals surface area contributed by atoms with Crippen molar-refractivity contribution in [2.24, 2.45) is 5.92 Å². The average Bonchev–Trinajstić information content (AvgIpc) is 3.19. The van der Waals surface area contributed by atoms with Crippen molar-refractivity contribution in [1.82, 2.24) is 20.1 Å². The van der Waals surface area contributed by atoms with E-state index >= 15 is 0 Å². The number of aromatic nitrogens is 3. The van der Waals surface area contributed by atoms with E-state index in [9.17, 15) is 4.79 Å². The standard InChI is InChI=1S/C25H32N4OS/c1-18(2)16-26-24(30)17-31-25-28-27-23(29(25)21-12-4-3-5-13-21)15-20-11-8-10-19-9-6-7-14-22(19)20/h6-11,14,18,21H,3-5,12-13,15-17H2,1-2H3,(H,26,30). The van der Waals surface area contributed by atoms with Crippen LogP contribution in [-0.4, -0.2) is 33.0 Å². The Morgan fingerprint density at radius 1 is 1.10 bits per heavy atom. The van der Waals surface area contributed by atoms with E-state index in [1.165, 1.54) is 47.4 Å². The second-order valence-electron chi connectivity index (χ2n) is 8.86. The van der Waals surface area contributed by atoms with Crippen LogP contribution >= 0.6 is 11.8 Å². The Labute approximate surface area is 189 Å². The topological polar surface area (TPSA) is 59.8 Å². The zero-order valence-corrected chi connectivity index (χ0v) is 19.3. The fourth-order valence-corrected chi connectivity index (χ4v) is 5.20. The summed E-state index contributed by atoms with van der Waals surface area (Å²) in [6, 6.07) is 15.4. The fourth-order valence-electron chi connectivity index (χ4n) is 4.35. The summed E-state index contributed by atoms with van der Waals surface area (Å²) in [6.45, 7) is 4.92. The Morgan fingerprint density at radius 3 is 2.68 bits per heavy atom. The second kappa shape index (κ2) is 10.3. The van der Waals surface area contributed by atoms with E-state index in [4.69, 9.17) is 0 Å². The van der Waals surface area contributed by atoms with Gasteiger partial charge < -0.3 is 9.88 Å². The molecule has 0 unspecified atom stereocenters. The average molecular weight is 437 g/mol. The van der Waals surface area contributed by atoms with Gasteiger partial charge in [-0.1, -0.05) is 87.3 Å². The number of amides is 1. The highest BCUT2D eigenvalue weighted by Crippen LogP contribution is 2.33. The van der Waals surface area contributed by atoms with Crippen molar-refractivity contribution < 1.29 is 4.79 Å². The first-order valence-corrected chi connectivity index (χ1v) is 12.4. The minimum atomic E-state index is 0.0625. The van der Waals surface area contributed by atoms with Gasteiger partial charge in [0, 0.05) is 19.0 Å². The van der Waals surface area contributed by atoms with Gasteiger partial charge in [-0.15, -0.1) is 10.2 Å². The van der Waals surface area contributed by atoms with Crippen molar-refractivity contribution in [3.8, 4) is 0 Å². The number of carbonyl (C=O) groups is 1. The predicted octanol–water partition coefficient (Wildman–Crippen LogP) is 5.39. The molecule has 1 saturated carbocycles. The van der Waals surface area contributed by atoms with Gasteiger partial charge in [-0.25, -0.2) is 0 Å². The molecule has 1 heterocycles. The monoisotopic (exact) mass is 436 g/mol. The van der Waals surface area contributed by atoms with Crippen LogP contribution in [0, 0.1) is 5.92 Å².